The number of hydrogen-bond acceptors (Lipinski definition) is 6. The molecule has 0 saturated carbocycles. The van der Waals surface area contributed by atoms with Crippen LogP contribution in [0.2, 0.25) is 0 Å². The summed E-state index contributed by atoms with van der Waals surface area (Å²) in [6.45, 7) is 2.86. The van der Waals surface area contributed by atoms with Gasteiger partial charge < -0.3 is 29.5 Å². The monoisotopic (exact) mass is 995 g/mol. The van der Waals surface area contributed by atoms with Crippen LogP contribution in [0.4, 0.5) is 56.9 Å². The van der Waals surface area contributed by atoms with Crippen molar-refractivity contribution in [2.45, 2.75) is 36.8 Å². The van der Waals surface area contributed by atoms with E-state index in [2.05, 4.69) is 284 Å². The normalized spacial score (nSPS) is 18.2. The lowest BCUT2D eigenvalue weighted by Crippen LogP contribution is -2.44. The van der Waals surface area contributed by atoms with Crippen molar-refractivity contribution in [1.82, 2.24) is 9.88 Å². The third-order valence-corrected chi connectivity index (χ3v) is 16.7. The highest BCUT2D eigenvalue weighted by atomic mass is 15.2. The lowest BCUT2D eigenvalue weighted by atomic mass is 9.89. The van der Waals surface area contributed by atoms with E-state index < -0.39 is 0 Å². The molecule has 0 spiro atoms. The molecule has 1 fully saturated rings. The standard InChI is InChI=1S/C70H57N7/c1-5-17-50(18-6-1)73(51-19-7-2-8-20-51)55-33-35-67-63(44-55)64-45-56(74(52-21-9-3-10-22-52)53-23-11-4-12-24-53)34-36-68(64)75(67)54-31-29-48(30-32-54)49-41-57(76-65-27-15-13-25-59(65)61-37-39-71-46-69(61)76)43-58(42-49)77-66-28-16-14-26-60(66)62-38-40-72-47-70(62)77/h1-36,41-46,61-62,69-70,72H,37-40,47H2. The Balaban J connectivity index is 0.896. The highest BCUT2D eigenvalue weighted by Gasteiger charge is 2.42. The zero-order valence-electron chi connectivity index (χ0n) is 42.8. The van der Waals surface area contributed by atoms with Gasteiger partial charge in [-0.15, -0.1) is 0 Å². The Kier molecular flexibility index (Phi) is 11.1. The first kappa shape index (κ1) is 45.2. The zero-order valence-corrected chi connectivity index (χ0v) is 42.8. The highest BCUT2D eigenvalue weighted by Crippen LogP contribution is 2.52. The van der Waals surface area contributed by atoms with Crippen LogP contribution in [0.15, 0.2) is 254 Å². The minimum Gasteiger partial charge on any atom is -0.336 e. The number of nitrogens with one attached hydrogen (secondary N) is 1. The Morgan fingerprint density at radius 2 is 0.896 bits per heavy atom. The molecule has 5 heterocycles. The van der Waals surface area contributed by atoms with Crippen LogP contribution < -0.4 is 24.9 Å². The van der Waals surface area contributed by atoms with Crippen LogP contribution in [0.1, 0.15) is 35.8 Å². The summed E-state index contributed by atoms with van der Waals surface area (Å²) in [5.41, 5.74) is 20.3. The molecule has 0 radical (unpaired) electrons. The third-order valence-electron chi connectivity index (χ3n) is 16.7. The van der Waals surface area contributed by atoms with Crippen molar-refractivity contribution in [1.29, 1.82) is 0 Å². The van der Waals surface area contributed by atoms with E-state index in [1.54, 1.807) is 0 Å². The lowest BCUT2D eigenvalue weighted by Gasteiger charge is -2.36. The average Bonchev–Trinajstić information content (AvgIpc) is 4.24. The number of para-hydroxylation sites is 6. The van der Waals surface area contributed by atoms with E-state index in [1.807, 2.05) is 0 Å². The summed E-state index contributed by atoms with van der Waals surface area (Å²) in [6, 6.07) is 92.1. The predicted molar refractivity (Wildman–Crippen MR) is 321 cm³/mol. The summed E-state index contributed by atoms with van der Waals surface area (Å²) in [4.78, 5) is 14.9. The molecular formula is C70H57N7. The van der Waals surface area contributed by atoms with Crippen molar-refractivity contribution in [2.24, 2.45) is 4.99 Å². The Labute approximate surface area is 450 Å². The molecule has 4 unspecified atom stereocenters. The van der Waals surface area contributed by atoms with Crippen LogP contribution >= 0.6 is 0 Å². The van der Waals surface area contributed by atoms with Crippen molar-refractivity contribution in [2.75, 3.05) is 39.2 Å². The van der Waals surface area contributed by atoms with Gasteiger partial charge in [0.15, 0.2) is 0 Å². The van der Waals surface area contributed by atoms with Gasteiger partial charge in [-0.2, -0.15) is 0 Å². The molecule has 1 aromatic heterocycles. The predicted octanol–water partition coefficient (Wildman–Crippen LogP) is 17.1. The molecule has 4 atom stereocenters. The van der Waals surface area contributed by atoms with Crippen LogP contribution in [0.5, 0.6) is 0 Å². The van der Waals surface area contributed by atoms with Gasteiger partial charge in [0.05, 0.1) is 23.1 Å². The molecular weight excluding hydrogens is 939 g/mol. The molecule has 10 aromatic carbocycles. The van der Waals surface area contributed by atoms with Gasteiger partial charge in [-0.3, -0.25) is 4.99 Å². The van der Waals surface area contributed by atoms with Crippen LogP contribution in [-0.4, -0.2) is 42.5 Å². The molecule has 4 aliphatic rings. The molecule has 1 saturated heterocycles. The van der Waals surface area contributed by atoms with E-state index in [0.717, 1.165) is 83.3 Å². The maximum absolute atomic E-state index is 4.91. The SMILES string of the molecule is C1=NCCC2c3ccccc3N(c3cc(-c4ccc(-n5c6ccc(N(c7ccccc7)c7ccccc7)cc6c6cc(N(c7ccccc7)c7ccccc7)ccc65)cc4)cc(N4c5ccccc5C5CCNCC54)c3)C12. The highest BCUT2D eigenvalue weighted by molar-refractivity contribution is 6.12. The van der Waals surface area contributed by atoms with Gasteiger partial charge in [0, 0.05) is 104 Å². The number of rotatable bonds is 10. The summed E-state index contributed by atoms with van der Waals surface area (Å²) in [7, 11) is 0. The summed E-state index contributed by atoms with van der Waals surface area (Å²) in [5, 5.41) is 6.12. The van der Waals surface area contributed by atoms with Gasteiger partial charge >= 0.3 is 0 Å². The second-order valence-corrected chi connectivity index (χ2v) is 21.0. The van der Waals surface area contributed by atoms with Gasteiger partial charge in [-0.1, -0.05) is 121 Å². The fraction of sp³-hybridized carbons (Fsp3) is 0.129. The molecule has 0 amide bonds. The van der Waals surface area contributed by atoms with Crippen LogP contribution in [0.3, 0.4) is 0 Å². The first-order chi connectivity index (χ1) is 38.2. The Bertz CT molecular complexity index is 3770. The fourth-order valence-corrected chi connectivity index (χ4v) is 13.4. The minimum absolute atomic E-state index is 0.165. The van der Waals surface area contributed by atoms with Crippen molar-refractivity contribution in [3.63, 3.8) is 0 Å². The van der Waals surface area contributed by atoms with Crippen molar-refractivity contribution in [3.8, 4) is 16.8 Å². The quantitative estimate of drug-likeness (QED) is 0.148. The maximum Gasteiger partial charge on any atom is 0.0759 e. The van der Waals surface area contributed by atoms with Gasteiger partial charge in [0.2, 0.25) is 0 Å². The van der Waals surface area contributed by atoms with Crippen molar-refractivity contribution in [3.05, 3.63) is 260 Å². The number of aliphatic imine (C=N–C) groups is 1. The Morgan fingerprint density at radius 3 is 1.45 bits per heavy atom. The number of aromatic nitrogens is 1. The molecule has 0 aliphatic carbocycles. The van der Waals surface area contributed by atoms with Crippen LogP contribution in [0.25, 0.3) is 38.6 Å². The number of hydrogen-bond donors (Lipinski definition) is 1. The van der Waals surface area contributed by atoms with E-state index >= 15 is 0 Å². The van der Waals surface area contributed by atoms with E-state index in [9.17, 15) is 0 Å². The number of nitrogens with zero attached hydrogens (tertiary/aromatic N) is 6. The largest absolute Gasteiger partial charge is 0.336 e. The topological polar surface area (TPSA) is 42.3 Å². The number of anilines is 10. The second-order valence-electron chi connectivity index (χ2n) is 21.0. The van der Waals surface area contributed by atoms with E-state index in [4.69, 9.17) is 4.99 Å². The number of piperidine rings is 1. The molecule has 15 rings (SSSR count). The maximum atomic E-state index is 4.91. The van der Waals surface area contributed by atoms with Gasteiger partial charge in [0.25, 0.3) is 0 Å². The number of fused-ring (bicyclic) bond motifs is 9. The molecule has 7 nitrogen and oxygen atoms in total. The summed E-state index contributed by atoms with van der Waals surface area (Å²) in [5.74, 6) is 0.895. The van der Waals surface area contributed by atoms with E-state index in [-0.39, 0.29) is 6.04 Å². The van der Waals surface area contributed by atoms with Gasteiger partial charge in [-0.25, -0.2) is 0 Å². The first-order valence-electron chi connectivity index (χ1n) is 27.3. The minimum atomic E-state index is 0.165. The lowest BCUT2D eigenvalue weighted by molar-refractivity contribution is 0.419. The molecule has 7 heteroatoms. The Hall–Kier alpha value is -9.17. The molecule has 372 valence electrons. The summed E-state index contributed by atoms with van der Waals surface area (Å²) < 4.78 is 2.45. The second kappa shape index (κ2) is 18.9. The van der Waals surface area contributed by atoms with Gasteiger partial charge in [-0.05, 0) is 169 Å². The molecule has 77 heavy (non-hydrogen) atoms. The smallest absolute Gasteiger partial charge is 0.0759 e. The first-order valence-corrected chi connectivity index (χ1v) is 27.3. The molecule has 4 aliphatic heterocycles. The number of benzene rings is 10. The molecule has 0 bridgehead atoms. The van der Waals surface area contributed by atoms with Crippen LogP contribution in [0, 0.1) is 0 Å². The van der Waals surface area contributed by atoms with Crippen molar-refractivity contribution < 1.29 is 0 Å². The zero-order chi connectivity index (χ0) is 50.8. The van der Waals surface area contributed by atoms with Gasteiger partial charge in [0.1, 0.15) is 0 Å². The van der Waals surface area contributed by atoms with Crippen molar-refractivity contribution >= 4 is 84.9 Å². The average molecular weight is 996 g/mol. The third kappa shape index (κ3) is 7.71. The van der Waals surface area contributed by atoms with E-state index in [1.165, 1.54) is 55.8 Å². The molecule has 1 N–H and O–H groups in total. The summed E-state index contributed by atoms with van der Waals surface area (Å²) >= 11 is 0. The van der Waals surface area contributed by atoms with E-state index in [0.29, 0.717) is 17.9 Å². The van der Waals surface area contributed by atoms with Crippen LogP contribution in [-0.2, 0) is 0 Å². The fourth-order valence-electron chi connectivity index (χ4n) is 13.4. The summed E-state index contributed by atoms with van der Waals surface area (Å²) in [6.07, 6.45) is 4.41. The molecule has 11 aromatic rings. The Morgan fingerprint density at radius 1 is 0.403 bits per heavy atom.